The van der Waals surface area contributed by atoms with Crippen molar-refractivity contribution in [3.8, 4) is 0 Å². The van der Waals surface area contributed by atoms with Gasteiger partial charge in [-0.2, -0.15) is 0 Å². The molecule has 0 saturated carbocycles. The van der Waals surface area contributed by atoms with Crippen LogP contribution >= 0.6 is 15.9 Å². The number of carboxylic acids is 1. The predicted molar refractivity (Wildman–Crippen MR) is 100 cm³/mol. The zero-order valence-corrected chi connectivity index (χ0v) is 17.2. The van der Waals surface area contributed by atoms with E-state index in [1.54, 1.807) is 12.1 Å². The molecule has 6 heteroatoms. The van der Waals surface area contributed by atoms with Crippen molar-refractivity contribution in [1.29, 1.82) is 0 Å². The van der Waals surface area contributed by atoms with Gasteiger partial charge in [0.25, 0.3) is 0 Å². The van der Waals surface area contributed by atoms with E-state index in [4.69, 9.17) is 9.53 Å². The lowest BCUT2D eigenvalue weighted by atomic mass is 10.1. The molecule has 1 aliphatic rings. The van der Waals surface area contributed by atoms with Gasteiger partial charge in [-0.3, -0.25) is 0 Å². The van der Waals surface area contributed by atoms with Gasteiger partial charge in [-0.15, -0.1) is 0 Å². The Morgan fingerprint density at radius 1 is 1.39 bits per heavy atom. The maximum Gasteiger partial charge on any atom is 0.335 e. The summed E-state index contributed by atoms with van der Waals surface area (Å²) in [5.41, 5.74) is 2.56. The highest BCUT2D eigenvalue weighted by Gasteiger charge is 2.37. The Labute approximate surface area is 148 Å². The molecule has 0 aromatic heterocycles. The Morgan fingerprint density at radius 3 is 2.61 bits per heavy atom. The van der Waals surface area contributed by atoms with Gasteiger partial charge in [0.2, 0.25) is 0 Å². The van der Waals surface area contributed by atoms with E-state index in [0.29, 0.717) is 12.2 Å². The number of nitrogens with zero attached hydrogens (tertiary/aromatic N) is 1. The molecule has 1 heterocycles. The largest absolute Gasteiger partial charge is 0.478 e. The molecule has 1 N–H and O–H groups in total. The van der Waals surface area contributed by atoms with Crippen LogP contribution in [0.25, 0.3) is 0 Å². The summed E-state index contributed by atoms with van der Waals surface area (Å²) >= 11 is 3.53. The smallest absolute Gasteiger partial charge is 0.335 e. The minimum atomic E-state index is -1.72. The summed E-state index contributed by atoms with van der Waals surface area (Å²) < 4.78 is 7.12. The van der Waals surface area contributed by atoms with Crippen LogP contribution in [0.3, 0.4) is 0 Å². The van der Waals surface area contributed by atoms with Gasteiger partial charge in [-0.1, -0.05) is 20.8 Å². The third-order valence-electron chi connectivity index (χ3n) is 4.99. The topological polar surface area (TPSA) is 49.8 Å². The van der Waals surface area contributed by atoms with Crippen molar-refractivity contribution < 1.29 is 14.3 Å². The van der Waals surface area contributed by atoms with Crippen molar-refractivity contribution in [3.63, 3.8) is 0 Å². The third-order valence-corrected chi connectivity index (χ3v) is 10.1. The minimum absolute atomic E-state index is 0.215. The van der Waals surface area contributed by atoms with Gasteiger partial charge in [-0.05, 0) is 58.2 Å². The molecule has 128 valence electrons. The number of halogens is 1. The molecule has 0 atom stereocenters. The van der Waals surface area contributed by atoms with Crippen LogP contribution in [0.5, 0.6) is 0 Å². The van der Waals surface area contributed by atoms with Crippen LogP contribution in [0, 0.1) is 0 Å². The number of hydrogen-bond donors (Lipinski definition) is 1. The van der Waals surface area contributed by atoms with Gasteiger partial charge in [0.05, 0.1) is 17.9 Å². The van der Waals surface area contributed by atoms with E-state index < -0.39 is 14.3 Å². The number of carbonyl (C=O) groups is 1. The molecule has 0 fully saturated rings. The number of hydrogen-bond acceptors (Lipinski definition) is 3. The molecule has 1 aromatic carbocycles. The van der Waals surface area contributed by atoms with Gasteiger partial charge in [0, 0.05) is 17.6 Å². The summed E-state index contributed by atoms with van der Waals surface area (Å²) in [6.45, 7) is 13.7. The molecule has 1 aromatic rings. The second kappa shape index (κ2) is 6.57. The fraction of sp³-hybridized carbons (Fsp3) is 0.588. The first-order chi connectivity index (χ1) is 10.5. The second-order valence-electron chi connectivity index (χ2n) is 7.62. The van der Waals surface area contributed by atoms with Gasteiger partial charge in [-0.25, -0.2) is 4.79 Å². The highest BCUT2D eigenvalue weighted by Crippen LogP contribution is 2.38. The van der Waals surface area contributed by atoms with Gasteiger partial charge in [0.15, 0.2) is 8.32 Å². The van der Waals surface area contributed by atoms with Crippen molar-refractivity contribution in [2.75, 3.05) is 24.6 Å². The van der Waals surface area contributed by atoms with E-state index in [0.717, 1.165) is 35.2 Å². The lowest BCUT2D eigenvalue weighted by Crippen LogP contribution is -2.42. The third kappa shape index (κ3) is 3.98. The Balaban J connectivity index is 2.05. The number of aromatic carboxylic acids is 1. The number of carboxylic acid groups (broad SMARTS) is 1. The SMILES string of the molecule is CC(C)(C)[Si](C)(C)OCCN1CCc2cc(C(=O)O)cc(Br)c21. The van der Waals surface area contributed by atoms with E-state index >= 15 is 0 Å². The molecule has 1 aliphatic heterocycles. The van der Waals surface area contributed by atoms with E-state index in [9.17, 15) is 4.79 Å². The molecule has 0 unspecified atom stereocenters. The summed E-state index contributed by atoms with van der Waals surface area (Å²) in [6.07, 6.45) is 0.884. The molecular formula is C17H26BrNO3Si. The fourth-order valence-electron chi connectivity index (χ4n) is 2.54. The molecule has 0 radical (unpaired) electrons. The van der Waals surface area contributed by atoms with Crippen LogP contribution in [0.2, 0.25) is 18.1 Å². The van der Waals surface area contributed by atoms with Crippen LogP contribution in [0.1, 0.15) is 36.7 Å². The molecule has 0 amide bonds. The number of fused-ring (bicyclic) bond motifs is 1. The molecule has 0 spiro atoms. The Bertz CT molecular complexity index is 611. The summed E-state index contributed by atoms with van der Waals surface area (Å²) in [6, 6.07) is 3.48. The van der Waals surface area contributed by atoms with Crippen molar-refractivity contribution in [3.05, 3.63) is 27.7 Å². The van der Waals surface area contributed by atoms with Crippen LogP contribution in [-0.4, -0.2) is 39.1 Å². The quantitative estimate of drug-likeness (QED) is 0.738. The molecule has 0 bridgehead atoms. The molecule has 2 rings (SSSR count). The van der Waals surface area contributed by atoms with E-state index in [1.165, 1.54) is 0 Å². The van der Waals surface area contributed by atoms with Crippen LogP contribution < -0.4 is 4.90 Å². The van der Waals surface area contributed by atoms with Gasteiger partial charge >= 0.3 is 5.97 Å². The standard InChI is InChI=1S/C17H26BrNO3Si/c1-17(2,3)23(4,5)22-9-8-19-7-6-12-10-13(16(20)21)11-14(18)15(12)19/h10-11H,6-9H2,1-5H3,(H,20,21). The second-order valence-corrected chi connectivity index (χ2v) is 13.3. The zero-order chi connectivity index (χ0) is 17.4. The molecule has 0 aliphatic carbocycles. The average Bonchev–Trinajstić information content (AvgIpc) is 2.81. The fourth-order valence-corrected chi connectivity index (χ4v) is 4.33. The van der Waals surface area contributed by atoms with Crippen molar-refractivity contribution in [2.45, 2.75) is 45.3 Å². The van der Waals surface area contributed by atoms with Crippen molar-refractivity contribution >= 4 is 35.9 Å². The first kappa shape index (κ1) is 18.5. The van der Waals surface area contributed by atoms with E-state index in [-0.39, 0.29) is 5.04 Å². The maximum absolute atomic E-state index is 11.2. The van der Waals surface area contributed by atoms with Gasteiger partial charge < -0.3 is 14.4 Å². The summed E-state index contributed by atoms with van der Waals surface area (Å²) in [7, 11) is -1.72. The molecule has 23 heavy (non-hydrogen) atoms. The van der Waals surface area contributed by atoms with Crippen LogP contribution in [0.15, 0.2) is 16.6 Å². The molecular weight excluding hydrogens is 374 g/mol. The van der Waals surface area contributed by atoms with Crippen molar-refractivity contribution in [1.82, 2.24) is 0 Å². The molecule has 0 saturated heterocycles. The summed E-state index contributed by atoms with van der Waals surface area (Å²) in [4.78, 5) is 13.5. The first-order valence-electron chi connectivity index (χ1n) is 7.97. The Hall–Kier alpha value is -0.853. The zero-order valence-electron chi connectivity index (χ0n) is 14.6. The lowest BCUT2D eigenvalue weighted by Gasteiger charge is -2.36. The van der Waals surface area contributed by atoms with Gasteiger partial charge in [0.1, 0.15) is 0 Å². The highest BCUT2D eigenvalue weighted by atomic mass is 79.9. The normalized spacial score (nSPS) is 15.0. The minimum Gasteiger partial charge on any atom is -0.478 e. The Morgan fingerprint density at radius 2 is 2.04 bits per heavy atom. The van der Waals surface area contributed by atoms with E-state index in [2.05, 4.69) is 54.7 Å². The number of benzene rings is 1. The van der Waals surface area contributed by atoms with E-state index in [1.807, 2.05) is 0 Å². The van der Waals surface area contributed by atoms with Crippen molar-refractivity contribution in [2.24, 2.45) is 0 Å². The maximum atomic E-state index is 11.2. The number of rotatable bonds is 5. The van der Waals surface area contributed by atoms with Crippen LogP contribution in [-0.2, 0) is 10.8 Å². The Kier molecular flexibility index (Phi) is 5.28. The monoisotopic (exact) mass is 399 g/mol. The number of anilines is 1. The summed E-state index contributed by atoms with van der Waals surface area (Å²) in [5, 5.41) is 9.38. The summed E-state index contributed by atoms with van der Waals surface area (Å²) in [5.74, 6) is -0.881. The predicted octanol–water partition coefficient (Wildman–Crippen LogP) is 4.53. The average molecular weight is 400 g/mol. The lowest BCUT2D eigenvalue weighted by molar-refractivity contribution is 0.0696. The first-order valence-corrected chi connectivity index (χ1v) is 11.7. The highest BCUT2D eigenvalue weighted by molar-refractivity contribution is 9.10. The molecule has 4 nitrogen and oxygen atoms in total. The van der Waals surface area contributed by atoms with Crippen LogP contribution in [0.4, 0.5) is 5.69 Å².